The zero-order chi connectivity index (χ0) is 35.3. The minimum Gasteiger partial charge on any atom is -0.469 e. The molecule has 0 amide bonds. The van der Waals surface area contributed by atoms with Crippen molar-refractivity contribution in [2.45, 2.75) is 138 Å². The standard InChI is InChI=1S/C40H62O8/c1-25(2)26-16-21-40(24-47-33(43)14-12-31(41)45-8)23-22-38(6)27(35(26)40)10-11-29-37(5)19-18-30(48-34(44)15-13-32(42)46-9)36(3,4)28(37)17-20-39(29,38)7/h26-30,35H,1,10-24H2,2-9H3/t26-,27+,28-,29-,30-,35+,37-,38+,39+,40-/m0/s1. The predicted octanol–water partition coefficient (Wildman–Crippen LogP) is 8.01. The summed E-state index contributed by atoms with van der Waals surface area (Å²) in [6, 6.07) is 0. The van der Waals surface area contributed by atoms with Gasteiger partial charge in [-0.05, 0) is 117 Å². The summed E-state index contributed by atoms with van der Waals surface area (Å²) in [5, 5.41) is 0. The molecule has 0 unspecified atom stereocenters. The van der Waals surface area contributed by atoms with Crippen LogP contribution < -0.4 is 0 Å². The molecule has 0 N–H and O–H groups in total. The number of hydrogen-bond acceptors (Lipinski definition) is 8. The molecule has 8 nitrogen and oxygen atoms in total. The van der Waals surface area contributed by atoms with Gasteiger partial charge < -0.3 is 18.9 Å². The molecule has 270 valence electrons. The van der Waals surface area contributed by atoms with Crippen LogP contribution in [-0.4, -0.2) is 50.8 Å². The molecule has 0 aromatic rings. The molecule has 0 heterocycles. The fourth-order valence-corrected chi connectivity index (χ4v) is 12.8. The summed E-state index contributed by atoms with van der Waals surface area (Å²) >= 11 is 0. The maximum absolute atomic E-state index is 12.8. The van der Waals surface area contributed by atoms with Gasteiger partial charge in [0.2, 0.25) is 0 Å². The van der Waals surface area contributed by atoms with E-state index in [0.29, 0.717) is 36.2 Å². The monoisotopic (exact) mass is 670 g/mol. The molecular weight excluding hydrogens is 608 g/mol. The summed E-state index contributed by atoms with van der Waals surface area (Å²) in [4.78, 5) is 48.9. The van der Waals surface area contributed by atoms with E-state index in [4.69, 9.17) is 18.9 Å². The van der Waals surface area contributed by atoms with Gasteiger partial charge in [0, 0.05) is 10.8 Å². The lowest BCUT2D eigenvalue weighted by Crippen LogP contribution is -2.67. The van der Waals surface area contributed by atoms with Gasteiger partial charge in [0.25, 0.3) is 0 Å². The van der Waals surface area contributed by atoms with Crippen molar-refractivity contribution in [1.29, 1.82) is 0 Å². The quantitative estimate of drug-likeness (QED) is 0.131. The minimum atomic E-state index is -0.387. The van der Waals surface area contributed by atoms with Gasteiger partial charge in [-0.25, -0.2) is 0 Å². The maximum Gasteiger partial charge on any atom is 0.306 e. The molecule has 5 aliphatic carbocycles. The van der Waals surface area contributed by atoms with E-state index in [1.165, 1.54) is 32.6 Å². The van der Waals surface area contributed by atoms with Crippen LogP contribution in [-0.2, 0) is 38.1 Å². The molecule has 5 fully saturated rings. The van der Waals surface area contributed by atoms with Gasteiger partial charge in [0.15, 0.2) is 0 Å². The second-order valence-corrected chi connectivity index (χ2v) is 17.7. The third kappa shape index (κ3) is 6.03. The highest BCUT2D eigenvalue weighted by Crippen LogP contribution is 2.77. The molecule has 5 saturated carbocycles. The number of carbonyl (C=O) groups excluding carboxylic acids is 4. The molecule has 0 spiro atoms. The van der Waals surface area contributed by atoms with Crippen molar-refractivity contribution in [2.75, 3.05) is 20.8 Å². The van der Waals surface area contributed by atoms with Gasteiger partial charge in [-0.3, -0.25) is 19.2 Å². The van der Waals surface area contributed by atoms with Gasteiger partial charge in [0.05, 0.1) is 46.5 Å². The molecule has 5 aliphatic rings. The molecule has 0 bridgehead atoms. The number of rotatable bonds is 10. The van der Waals surface area contributed by atoms with Gasteiger partial charge >= 0.3 is 23.9 Å². The third-order valence-corrected chi connectivity index (χ3v) is 15.5. The van der Waals surface area contributed by atoms with E-state index in [1.54, 1.807) is 0 Å². The van der Waals surface area contributed by atoms with Crippen LogP contribution in [0.5, 0.6) is 0 Å². The topological polar surface area (TPSA) is 105 Å². The second-order valence-electron chi connectivity index (χ2n) is 17.7. The lowest BCUT2D eigenvalue weighted by atomic mass is 9.32. The number of hydrogen-bond donors (Lipinski definition) is 0. The van der Waals surface area contributed by atoms with Crippen LogP contribution in [0.15, 0.2) is 12.2 Å². The number of allylic oxidation sites excluding steroid dienone is 1. The molecule has 0 aromatic carbocycles. The number of methoxy groups -OCH3 is 2. The van der Waals surface area contributed by atoms with Crippen molar-refractivity contribution in [3.8, 4) is 0 Å². The highest BCUT2D eigenvalue weighted by molar-refractivity contribution is 5.78. The molecule has 0 saturated heterocycles. The Bertz CT molecular complexity index is 1290. The van der Waals surface area contributed by atoms with Crippen LogP contribution >= 0.6 is 0 Å². The third-order valence-electron chi connectivity index (χ3n) is 15.5. The molecule has 5 rings (SSSR count). The first kappa shape index (κ1) is 36.9. The predicted molar refractivity (Wildman–Crippen MR) is 182 cm³/mol. The first-order valence-corrected chi connectivity index (χ1v) is 18.6. The van der Waals surface area contributed by atoms with E-state index in [9.17, 15) is 19.2 Å². The lowest BCUT2D eigenvalue weighted by Gasteiger charge is -2.73. The number of carbonyl (C=O) groups is 4. The minimum absolute atomic E-state index is 0.0448. The normalized spacial score (nSPS) is 41.0. The number of fused-ring (bicyclic) bond motifs is 7. The van der Waals surface area contributed by atoms with Gasteiger partial charge in [0.1, 0.15) is 6.10 Å². The Morgan fingerprint density at radius 3 is 1.92 bits per heavy atom. The smallest absolute Gasteiger partial charge is 0.306 e. The average molecular weight is 671 g/mol. The van der Waals surface area contributed by atoms with Crippen molar-refractivity contribution < 1.29 is 38.1 Å². The number of ether oxygens (including phenoxy) is 4. The second kappa shape index (κ2) is 13.4. The van der Waals surface area contributed by atoms with E-state index in [-0.39, 0.29) is 82.7 Å². The molecular formula is C40H62O8. The van der Waals surface area contributed by atoms with E-state index in [1.807, 2.05) is 0 Å². The SMILES string of the molecule is C=C(C)[C@@H]1CC[C@@]2(COC(=O)CCC(=O)OC)CC[C@]3(C)[C@H](CC[C@H]4[C@@]5(C)CC[C@H](OC(=O)CCC(=O)OC)C(C)(C)[C@@H]5CC[C@]43C)[C@@H]12. The first-order valence-electron chi connectivity index (χ1n) is 18.6. The lowest BCUT2D eigenvalue weighted by molar-refractivity contribution is -0.252. The maximum atomic E-state index is 12.8. The Labute approximate surface area is 288 Å². The van der Waals surface area contributed by atoms with Crippen molar-refractivity contribution in [2.24, 2.45) is 56.7 Å². The van der Waals surface area contributed by atoms with E-state index in [2.05, 4.69) is 48.1 Å². The largest absolute Gasteiger partial charge is 0.469 e. The average Bonchev–Trinajstić information content (AvgIpc) is 3.43. The number of esters is 4. The molecule has 0 aliphatic heterocycles. The Kier molecular flexibility index (Phi) is 10.3. The molecule has 10 atom stereocenters. The van der Waals surface area contributed by atoms with Crippen LogP contribution in [0.4, 0.5) is 0 Å². The van der Waals surface area contributed by atoms with Crippen molar-refractivity contribution in [1.82, 2.24) is 0 Å². The molecule has 0 aromatic heterocycles. The highest BCUT2D eigenvalue weighted by atomic mass is 16.5. The molecule has 8 heteroatoms. The molecule has 48 heavy (non-hydrogen) atoms. The van der Waals surface area contributed by atoms with Crippen LogP contribution in [0.3, 0.4) is 0 Å². The van der Waals surface area contributed by atoms with E-state index < -0.39 is 0 Å². The van der Waals surface area contributed by atoms with E-state index >= 15 is 0 Å². The summed E-state index contributed by atoms with van der Waals surface area (Å²) in [5.41, 5.74) is 1.53. The Balaban J connectivity index is 1.36. The van der Waals surface area contributed by atoms with Crippen LogP contribution in [0.2, 0.25) is 0 Å². The van der Waals surface area contributed by atoms with Crippen LogP contribution in [0.1, 0.15) is 131 Å². The fourth-order valence-electron chi connectivity index (χ4n) is 12.8. The van der Waals surface area contributed by atoms with Crippen molar-refractivity contribution >= 4 is 23.9 Å². The van der Waals surface area contributed by atoms with Gasteiger partial charge in [-0.15, -0.1) is 0 Å². The van der Waals surface area contributed by atoms with Gasteiger partial charge in [-0.2, -0.15) is 0 Å². The van der Waals surface area contributed by atoms with Crippen molar-refractivity contribution in [3.05, 3.63) is 12.2 Å². The van der Waals surface area contributed by atoms with E-state index in [0.717, 1.165) is 51.4 Å². The zero-order valence-electron chi connectivity index (χ0n) is 31.0. The highest BCUT2D eigenvalue weighted by Gasteiger charge is 2.71. The Morgan fingerprint density at radius 1 is 0.667 bits per heavy atom. The van der Waals surface area contributed by atoms with Crippen LogP contribution in [0, 0.1) is 56.7 Å². The first-order chi connectivity index (χ1) is 22.5. The summed E-state index contributed by atoms with van der Waals surface area (Å²) in [7, 11) is 2.68. The Morgan fingerprint density at radius 2 is 1.29 bits per heavy atom. The Hall–Kier alpha value is -2.38. The zero-order valence-corrected chi connectivity index (χ0v) is 31.0. The summed E-state index contributed by atoms with van der Waals surface area (Å²) < 4.78 is 21.6. The molecule has 0 radical (unpaired) electrons. The summed E-state index contributed by atoms with van der Waals surface area (Å²) in [6.07, 6.45) is 10.9. The van der Waals surface area contributed by atoms with Crippen LogP contribution in [0.25, 0.3) is 0 Å². The van der Waals surface area contributed by atoms with Crippen molar-refractivity contribution in [3.63, 3.8) is 0 Å². The fraction of sp³-hybridized carbons (Fsp3) is 0.850. The summed E-state index contributed by atoms with van der Waals surface area (Å²) in [5.74, 6) is 1.02. The van der Waals surface area contributed by atoms with Gasteiger partial charge in [-0.1, -0.05) is 46.8 Å². The summed E-state index contributed by atoms with van der Waals surface area (Å²) in [6.45, 7) is 19.5.